The van der Waals surface area contributed by atoms with E-state index in [0.29, 0.717) is 11.8 Å². The van der Waals surface area contributed by atoms with Gasteiger partial charge in [0.2, 0.25) is 0 Å². The maximum absolute atomic E-state index is 2.36. The lowest BCUT2D eigenvalue weighted by molar-refractivity contribution is 0.235. The van der Waals surface area contributed by atoms with Crippen LogP contribution < -0.4 is 0 Å². The molecule has 0 heterocycles. The lowest BCUT2D eigenvalue weighted by Gasteiger charge is -2.26. The molecule has 0 bridgehead atoms. The van der Waals surface area contributed by atoms with E-state index < -0.39 is 0 Å². The van der Waals surface area contributed by atoms with E-state index in [-0.39, 0.29) is 7.43 Å². The molecular weight excluding hydrogens is 324 g/mol. The van der Waals surface area contributed by atoms with Gasteiger partial charge < -0.3 is 0 Å². The molecule has 0 aliphatic carbocycles. The van der Waals surface area contributed by atoms with Gasteiger partial charge in [-0.05, 0) is 96.6 Å². The van der Waals surface area contributed by atoms with Crippen LogP contribution in [0.4, 0.5) is 0 Å². The molecule has 0 nitrogen and oxygen atoms in total. The summed E-state index contributed by atoms with van der Waals surface area (Å²) in [6, 6.07) is 0. The van der Waals surface area contributed by atoms with Gasteiger partial charge in [0.25, 0.3) is 0 Å². The summed E-state index contributed by atoms with van der Waals surface area (Å²) in [7, 11) is 0. The number of benzene rings is 1. The molecule has 1 aromatic rings. The van der Waals surface area contributed by atoms with Crippen LogP contribution in [0.5, 0.6) is 0 Å². The van der Waals surface area contributed by atoms with Crippen molar-refractivity contribution in [3.05, 3.63) is 33.4 Å². The third kappa shape index (κ3) is 7.28. The van der Waals surface area contributed by atoms with Crippen molar-refractivity contribution in [2.75, 3.05) is 0 Å². The van der Waals surface area contributed by atoms with Crippen LogP contribution in [0.1, 0.15) is 122 Å². The largest absolute Gasteiger partial charge is 0.0776 e. The maximum atomic E-state index is 2.36. The average Bonchev–Trinajstić information content (AvgIpc) is 2.54. The molecule has 0 fully saturated rings. The summed E-state index contributed by atoms with van der Waals surface area (Å²) in [4.78, 5) is 0. The minimum atomic E-state index is 0. The Kier molecular flexibility index (Phi) is 12.6. The van der Waals surface area contributed by atoms with Gasteiger partial charge in [-0.25, -0.2) is 0 Å². The standard InChI is InChI=1S/C16H26.C10H22.CH4/c1-9(2)15-13(7)11(5)12(6)14(8)16(15)10(3)4;1-7(2)9(5)10(6)8(3)4;/h9-10H,1-8H3;7-10H,1-6H3;1H4. The molecule has 0 aliphatic rings. The summed E-state index contributed by atoms with van der Waals surface area (Å²) in [6.07, 6.45) is 0. The molecule has 1 rings (SSSR count). The quantitative estimate of drug-likeness (QED) is 0.480. The molecule has 0 saturated heterocycles. The van der Waals surface area contributed by atoms with Gasteiger partial charge in [0.15, 0.2) is 0 Å². The fraction of sp³-hybridized carbons (Fsp3) is 0.778. The summed E-state index contributed by atoms with van der Waals surface area (Å²) in [5.74, 6) is 4.63. The lowest BCUT2D eigenvalue weighted by Crippen LogP contribution is -2.18. The highest BCUT2D eigenvalue weighted by Crippen LogP contribution is 2.35. The molecular formula is C27H52. The van der Waals surface area contributed by atoms with Gasteiger partial charge in [0, 0.05) is 0 Å². The molecule has 0 amide bonds. The molecule has 0 radical (unpaired) electrons. The van der Waals surface area contributed by atoms with Crippen LogP contribution in [0.2, 0.25) is 0 Å². The van der Waals surface area contributed by atoms with Crippen molar-refractivity contribution >= 4 is 0 Å². The second kappa shape index (κ2) is 11.9. The Hall–Kier alpha value is -0.780. The van der Waals surface area contributed by atoms with Crippen LogP contribution >= 0.6 is 0 Å². The molecule has 27 heavy (non-hydrogen) atoms. The second-order valence-corrected chi connectivity index (χ2v) is 9.84. The Bertz CT molecular complexity index is 507. The van der Waals surface area contributed by atoms with E-state index in [1.807, 2.05) is 0 Å². The van der Waals surface area contributed by atoms with Crippen molar-refractivity contribution in [2.45, 2.75) is 116 Å². The van der Waals surface area contributed by atoms with E-state index in [0.717, 1.165) is 23.7 Å². The Balaban J connectivity index is 0. The molecule has 0 N–H and O–H groups in total. The predicted octanol–water partition coefficient (Wildman–Crippen LogP) is 9.37. The number of hydrogen-bond acceptors (Lipinski definition) is 0. The lowest BCUT2D eigenvalue weighted by atomic mass is 9.80. The molecule has 0 aromatic heterocycles. The van der Waals surface area contributed by atoms with Crippen molar-refractivity contribution in [2.24, 2.45) is 23.7 Å². The van der Waals surface area contributed by atoms with Crippen LogP contribution in [0.3, 0.4) is 0 Å². The van der Waals surface area contributed by atoms with Crippen LogP contribution in [0.15, 0.2) is 0 Å². The summed E-state index contributed by atoms with van der Waals surface area (Å²) in [6.45, 7) is 32.3. The van der Waals surface area contributed by atoms with Gasteiger partial charge >= 0.3 is 0 Å². The highest BCUT2D eigenvalue weighted by molar-refractivity contribution is 5.52. The summed E-state index contributed by atoms with van der Waals surface area (Å²) >= 11 is 0. The highest BCUT2D eigenvalue weighted by Gasteiger charge is 2.19. The Morgan fingerprint density at radius 2 is 0.630 bits per heavy atom. The van der Waals surface area contributed by atoms with Crippen molar-refractivity contribution in [3.8, 4) is 0 Å². The molecule has 0 aliphatic heterocycles. The van der Waals surface area contributed by atoms with Crippen molar-refractivity contribution < 1.29 is 0 Å². The van der Waals surface area contributed by atoms with Crippen molar-refractivity contribution in [3.63, 3.8) is 0 Å². The molecule has 0 spiro atoms. The summed E-state index contributed by atoms with van der Waals surface area (Å²) in [5, 5.41) is 0. The van der Waals surface area contributed by atoms with Crippen molar-refractivity contribution in [1.82, 2.24) is 0 Å². The van der Waals surface area contributed by atoms with Crippen LogP contribution in [0, 0.1) is 51.4 Å². The van der Waals surface area contributed by atoms with E-state index in [2.05, 4.69) is 96.9 Å². The van der Waals surface area contributed by atoms with E-state index in [9.17, 15) is 0 Å². The maximum Gasteiger partial charge on any atom is -0.0213 e. The predicted molar refractivity (Wildman–Crippen MR) is 128 cm³/mol. The van der Waals surface area contributed by atoms with Gasteiger partial charge in [-0.1, -0.05) is 76.7 Å². The minimum absolute atomic E-state index is 0. The van der Waals surface area contributed by atoms with Gasteiger partial charge in [-0.15, -0.1) is 0 Å². The molecule has 2 atom stereocenters. The van der Waals surface area contributed by atoms with Crippen LogP contribution in [0.25, 0.3) is 0 Å². The molecule has 0 heteroatoms. The third-order valence-corrected chi connectivity index (χ3v) is 6.87. The third-order valence-electron chi connectivity index (χ3n) is 6.87. The zero-order valence-electron chi connectivity index (χ0n) is 20.5. The van der Waals surface area contributed by atoms with Crippen LogP contribution in [-0.4, -0.2) is 0 Å². The van der Waals surface area contributed by atoms with E-state index in [1.54, 1.807) is 11.1 Å². The molecule has 1 aromatic carbocycles. The van der Waals surface area contributed by atoms with Gasteiger partial charge in [-0.3, -0.25) is 0 Å². The monoisotopic (exact) mass is 376 g/mol. The summed E-state index contributed by atoms with van der Waals surface area (Å²) < 4.78 is 0. The fourth-order valence-corrected chi connectivity index (χ4v) is 4.07. The topological polar surface area (TPSA) is 0 Å². The van der Waals surface area contributed by atoms with E-state index >= 15 is 0 Å². The zero-order chi connectivity index (χ0) is 20.9. The second-order valence-electron chi connectivity index (χ2n) is 9.84. The first kappa shape index (κ1) is 28.4. The normalized spacial score (nSPS) is 13.6. The Labute approximate surface area is 173 Å². The molecule has 160 valence electrons. The first-order chi connectivity index (χ1) is 11.7. The van der Waals surface area contributed by atoms with Gasteiger partial charge in [-0.2, -0.15) is 0 Å². The van der Waals surface area contributed by atoms with Gasteiger partial charge in [0.1, 0.15) is 0 Å². The minimum Gasteiger partial charge on any atom is -0.0776 e. The SMILES string of the molecule is C.CC(C)C(C)C(C)C(C)C.Cc1c(C)c(C)c(C(C)C)c(C(C)C)c1C. The summed E-state index contributed by atoms with van der Waals surface area (Å²) in [5.41, 5.74) is 9.12. The Morgan fingerprint density at radius 3 is 0.778 bits per heavy atom. The first-order valence-corrected chi connectivity index (χ1v) is 10.9. The first-order valence-electron chi connectivity index (χ1n) is 10.9. The van der Waals surface area contributed by atoms with Gasteiger partial charge in [0.05, 0.1) is 0 Å². The number of hydrogen-bond donors (Lipinski definition) is 0. The molecule has 0 saturated carbocycles. The molecule has 2 unspecified atom stereocenters. The van der Waals surface area contributed by atoms with Crippen LogP contribution in [-0.2, 0) is 0 Å². The average molecular weight is 377 g/mol. The number of rotatable bonds is 5. The van der Waals surface area contributed by atoms with Crippen molar-refractivity contribution in [1.29, 1.82) is 0 Å². The smallest absolute Gasteiger partial charge is 0.0213 e. The Morgan fingerprint density at radius 1 is 0.407 bits per heavy atom. The fourth-order valence-electron chi connectivity index (χ4n) is 4.07. The van der Waals surface area contributed by atoms with E-state index in [1.165, 1.54) is 22.3 Å². The van der Waals surface area contributed by atoms with E-state index in [4.69, 9.17) is 0 Å². The zero-order valence-corrected chi connectivity index (χ0v) is 20.5. The highest BCUT2D eigenvalue weighted by atomic mass is 14.2.